The molecule has 0 bridgehead atoms. The minimum atomic E-state index is 0.520. The van der Waals surface area contributed by atoms with E-state index in [-0.39, 0.29) is 0 Å². The van der Waals surface area contributed by atoms with E-state index in [4.69, 9.17) is 10.2 Å². The molecule has 0 unspecified atom stereocenters. The van der Waals surface area contributed by atoms with Gasteiger partial charge in [-0.05, 0) is 31.7 Å². The second-order valence-electron chi connectivity index (χ2n) is 4.65. The smallest absolute Gasteiger partial charge is 0.122 e. The summed E-state index contributed by atoms with van der Waals surface area (Å²) in [7, 11) is 0. The Labute approximate surface area is 114 Å². The molecule has 0 saturated heterocycles. The van der Waals surface area contributed by atoms with E-state index in [9.17, 15) is 0 Å². The van der Waals surface area contributed by atoms with Crippen molar-refractivity contribution in [3.8, 4) is 0 Å². The molecule has 2 aromatic heterocycles. The van der Waals surface area contributed by atoms with Gasteiger partial charge in [0.15, 0.2) is 0 Å². The van der Waals surface area contributed by atoms with E-state index in [1.165, 1.54) is 0 Å². The minimum Gasteiger partial charge on any atom is -0.468 e. The molecule has 4 heteroatoms. The van der Waals surface area contributed by atoms with Crippen molar-refractivity contribution in [3.63, 3.8) is 0 Å². The molecular formula is C15H21N3O. The third-order valence-electron chi connectivity index (χ3n) is 3.20. The first kappa shape index (κ1) is 13.8. The summed E-state index contributed by atoms with van der Waals surface area (Å²) in [5.41, 5.74) is 8.91. The maximum absolute atomic E-state index is 5.69. The van der Waals surface area contributed by atoms with Crippen LogP contribution >= 0.6 is 0 Å². The fraction of sp³-hybridized carbons (Fsp3) is 0.400. The van der Waals surface area contributed by atoms with E-state index < -0.39 is 0 Å². The molecule has 0 spiro atoms. The summed E-state index contributed by atoms with van der Waals surface area (Å²) in [6, 6.07) is 8.05. The van der Waals surface area contributed by atoms with Crippen LogP contribution in [0.3, 0.4) is 0 Å². The van der Waals surface area contributed by atoms with Crippen molar-refractivity contribution >= 4 is 0 Å². The zero-order valence-corrected chi connectivity index (χ0v) is 11.6. The summed E-state index contributed by atoms with van der Waals surface area (Å²) in [6.07, 6.45) is 1.70. The maximum Gasteiger partial charge on any atom is 0.122 e. The fourth-order valence-electron chi connectivity index (χ4n) is 2.09. The first-order valence-corrected chi connectivity index (χ1v) is 6.63. The lowest BCUT2D eigenvalue weighted by Crippen LogP contribution is -2.23. The van der Waals surface area contributed by atoms with Crippen LogP contribution in [0.4, 0.5) is 0 Å². The largest absolute Gasteiger partial charge is 0.468 e. The Morgan fingerprint density at radius 1 is 1.26 bits per heavy atom. The zero-order valence-electron chi connectivity index (χ0n) is 11.6. The van der Waals surface area contributed by atoms with Gasteiger partial charge >= 0.3 is 0 Å². The van der Waals surface area contributed by atoms with Gasteiger partial charge in [0.25, 0.3) is 0 Å². The van der Waals surface area contributed by atoms with Gasteiger partial charge in [-0.25, -0.2) is 0 Å². The maximum atomic E-state index is 5.69. The molecule has 0 fully saturated rings. The predicted octanol–water partition coefficient (Wildman–Crippen LogP) is 2.46. The summed E-state index contributed by atoms with van der Waals surface area (Å²) in [6.45, 7) is 7.21. The highest BCUT2D eigenvalue weighted by Crippen LogP contribution is 2.14. The minimum absolute atomic E-state index is 0.520. The molecule has 0 saturated carbocycles. The third-order valence-corrected chi connectivity index (χ3v) is 3.20. The highest BCUT2D eigenvalue weighted by molar-refractivity contribution is 5.17. The second-order valence-corrected chi connectivity index (χ2v) is 4.65. The number of aryl methyl sites for hydroxylation is 1. The normalized spacial score (nSPS) is 11.2. The van der Waals surface area contributed by atoms with Crippen LogP contribution in [0.25, 0.3) is 0 Å². The van der Waals surface area contributed by atoms with Crippen LogP contribution in [0.2, 0.25) is 0 Å². The molecule has 2 rings (SSSR count). The third kappa shape index (κ3) is 3.66. The van der Waals surface area contributed by atoms with Crippen LogP contribution in [-0.4, -0.2) is 16.4 Å². The van der Waals surface area contributed by atoms with Crippen molar-refractivity contribution < 1.29 is 4.42 Å². The molecule has 0 aliphatic carbocycles. The van der Waals surface area contributed by atoms with Crippen molar-refractivity contribution in [3.05, 3.63) is 53.2 Å². The molecule has 2 aromatic rings. The highest BCUT2D eigenvalue weighted by Gasteiger charge is 2.11. The lowest BCUT2D eigenvalue weighted by molar-refractivity contribution is 0.244. The monoisotopic (exact) mass is 259 g/mol. The van der Waals surface area contributed by atoms with Crippen molar-refractivity contribution in [2.75, 3.05) is 6.54 Å². The first-order valence-electron chi connectivity index (χ1n) is 6.63. The second kappa shape index (κ2) is 6.50. The summed E-state index contributed by atoms with van der Waals surface area (Å²) in [4.78, 5) is 6.83. The number of aromatic nitrogens is 1. The van der Waals surface area contributed by atoms with E-state index >= 15 is 0 Å². The van der Waals surface area contributed by atoms with Gasteiger partial charge in [-0.2, -0.15) is 0 Å². The van der Waals surface area contributed by atoms with E-state index in [1.54, 1.807) is 6.26 Å². The summed E-state index contributed by atoms with van der Waals surface area (Å²) >= 11 is 0. The van der Waals surface area contributed by atoms with Crippen LogP contribution in [0.5, 0.6) is 0 Å². The van der Waals surface area contributed by atoms with Gasteiger partial charge in [0.2, 0.25) is 0 Å². The van der Waals surface area contributed by atoms with Gasteiger partial charge in [0, 0.05) is 24.3 Å². The zero-order chi connectivity index (χ0) is 13.7. The first-order chi connectivity index (χ1) is 9.22. The van der Waals surface area contributed by atoms with Crippen molar-refractivity contribution in [1.82, 2.24) is 9.88 Å². The molecule has 2 heterocycles. The predicted molar refractivity (Wildman–Crippen MR) is 75.4 cm³/mol. The quantitative estimate of drug-likeness (QED) is 0.865. The summed E-state index contributed by atoms with van der Waals surface area (Å²) < 4.78 is 5.51. The molecule has 2 N–H and O–H groups in total. The average Bonchev–Trinajstić information content (AvgIpc) is 2.85. The molecule has 4 nitrogen and oxygen atoms in total. The van der Waals surface area contributed by atoms with Gasteiger partial charge in [0.1, 0.15) is 5.76 Å². The number of hydrogen-bond donors (Lipinski definition) is 1. The molecule has 19 heavy (non-hydrogen) atoms. The van der Waals surface area contributed by atoms with E-state index in [1.807, 2.05) is 25.1 Å². The lowest BCUT2D eigenvalue weighted by Gasteiger charge is -2.19. The Bertz CT molecular complexity index is 522. The Morgan fingerprint density at radius 3 is 2.79 bits per heavy atom. The summed E-state index contributed by atoms with van der Waals surface area (Å²) in [5.74, 6) is 0.956. The van der Waals surface area contributed by atoms with Gasteiger partial charge in [-0.3, -0.25) is 9.88 Å². The number of nitrogens with two attached hydrogens (primary N) is 1. The van der Waals surface area contributed by atoms with Crippen LogP contribution < -0.4 is 5.73 Å². The van der Waals surface area contributed by atoms with Crippen molar-refractivity contribution in [2.24, 2.45) is 5.73 Å². The number of pyridine rings is 1. The van der Waals surface area contributed by atoms with Crippen LogP contribution in [0, 0.1) is 6.92 Å². The SMILES string of the molecule is CCN(Cc1cccc(C)n1)Cc1occc1CN. The number of hydrogen-bond acceptors (Lipinski definition) is 4. The standard InChI is InChI=1S/C15H21N3O/c1-3-18(10-14-6-4-5-12(2)17-14)11-15-13(9-16)7-8-19-15/h4-8H,3,9-11,16H2,1-2H3. The number of nitrogens with zero attached hydrogens (tertiary/aromatic N) is 2. The summed E-state index contributed by atoms with van der Waals surface area (Å²) in [5, 5.41) is 0. The molecule has 0 atom stereocenters. The Kier molecular flexibility index (Phi) is 4.71. The van der Waals surface area contributed by atoms with Gasteiger partial charge in [0.05, 0.1) is 18.5 Å². The molecule has 0 aliphatic rings. The number of furan rings is 1. The van der Waals surface area contributed by atoms with E-state index in [2.05, 4.69) is 22.9 Å². The molecule has 0 aliphatic heterocycles. The van der Waals surface area contributed by atoms with Crippen LogP contribution in [0.15, 0.2) is 34.9 Å². The Morgan fingerprint density at radius 2 is 2.11 bits per heavy atom. The van der Waals surface area contributed by atoms with Crippen LogP contribution in [0.1, 0.15) is 29.6 Å². The number of rotatable bonds is 6. The molecular weight excluding hydrogens is 238 g/mol. The van der Waals surface area contributed by atoms with Gasteiger partial charge in [-0.15, -0.1) is 0 Å². The van der Waals surface area contributed by atoms with Gasteiger partial charge in [-0.1, -0.05) is 13.0 Å². The Hall–Kier alpha value is -1.65. The lowest BCUT2D eigenvalue weighted by atomic mass is 10.2. The fourth-order valence-corrected chi connectivity index (χ4v) is 2.09. The van der Waals surface area contributed by atoms with Crippen LogP contribution in [-0.2, 0) is 19.6 Å². The Balaban J connectivity index is 2.04. The highest BCUT2D eigenvalue weighted by atomic mass is 16.3. The van der Waals surface area contributed by atoms with Crippen molar-refractivity contribution in [2.45, 2.75) is 33.5 Å². The van der Waals surface area contributed by atoms with Crippen molar-refractivity contribution in [1.29, 1.82) is 0 Å². The molecule has 0 radical (unpaired) electrons. The topological polar surface area (TPSA) is 55.3 Å². The molecule has 0 aromatic carbocycles. The van der Waals surface area contributed by atoms with E-state index in [0.717, 1.165) is 42.3 Å². The van der Waals surface area contributed by atoms with E-state index in [0.29, 0.717) is 6.54 Å². The average molecular weight is 259 g/mol. The van der Waals surface area contributed by atoms with Gasteiger partial charge < -0.3 is 10.2 Å². The molecule has 102 valence electrons. The molecule has 0 amide bonds.